The number of aryl methyl sites for hydroxylation is 1. The van der Waals surface area contributed by atoms with E-state index in [0.717, 1.165) is 29.8 Å². The molecule has 1 aromatic carbocycles. The van der Waals surface area contributed by atoms with Crippen molar-refractivity contribution in [2.75, 3.05) is 0 Å². The first kappa shape index (κ1) is 24.5. The third-order valence-electron chi connectivity index (χ3n) is 6.27. The summed E-state index contributed by atoms with van der Waals surface area (Å²) in [6, 6.07) is 9.84. The van der Waals surface area contributed by atoms with Gasteiger partial charge in [0.1, 0.15) is 0 Å². The fourth-order valence-electron chi connectivity index (χ4n) is 4.24. The van der Waals surface area contributed by atoms with Gasteiger partial charge in [-0.05, 0) is 31.9 Å². The van der Waals surface area contributed by atoms with E-state index in [9.17, 15) is 4.79 Å². The SMILES string of the molecule is CCCCCCCCCCCCCCCCCc1[nH]n(-c2ccccc2)c(=O)c1C. The normalized spacial score (nSPS) is 11.3. The molecule has 0 aliphatic rings. The zero-order valence-corrected chi connectivity index (χ0v) is 19.6. The second-order valence-electron chi connectivity index (χ2n) is 8.89. The van der Waals surface area contributed by atoms with Crippen molar-refractivity contribution in [1.29, 1.82) is 0 Å². The molecule has 0 aliphatic carbocycles. The number of para-hydroxylation sites is 1. The molecule has 1 N–H and O–H groups in total. The van der Waals surface area contributed by atoms with Crippen molar-refractivity contribution >= 4 is 0 Å². The van der Waals surface area contributed by atoms with Crippen LogP contribution in [-0.4, -0.2) is 9.78 Å². The predicted octanol–water partition coefficient (Wildman–Crippen LogP) is 7.89. The van der Waals surface area contributed by atoms with Gasteiger partial charge in [0.05, 0.1) is 5.69 Å². The van der Waals surface area contributed by atoms with Crippen LogP contribution in [0.5, 0.6) is 0 Å². The van der Waals surface area contributed by atoms with Crippen LogP contribution in [0.3, 0.4) is 0 Å². The van der Waals surface area contributed by atoms with Gasteiger partial charge in [-0.3, -0.25) is 9.89 Å². The van der Waals surface area contributed by atoms with Crippen LogP contribution >= 0.6 is 0 Å². The number of rotatable bonds is 17. The molecule has 0 unspecified atom stereocenters. The van der Waals surface area contributed by atoms with Crippen LogP contribution in [0.25, 0.3) is 5.69 Å². The summed E-state index contributed by atoms with van der Waals surface area (Å²) >= 11 is 0. The van der Waals surface area contributed by atoms with Crippen molar-refractivity contribution in [3.63, 3.8) is 0 Å². The van der Waals surface area contributed by atoms with Gasteiger partial charge in [-0.2, -0.15) is 0 Å². The quantitative estimate of drug-likeness (QED) is 0.263. The van der Waals surface area contributed by atoms with Crippen molar-refractivity contribution < 1.29 is 0 Å². The number of nitrogens with zero attached hydrogens (tertiary/aromatic N) is 1. The summed E-state index contributed by atoms with van der Waals surface area (Å²) in [4.78, 5) is 12.5. The van der Waals surface area contributed by atoms with Gasteiger partial charge in [-0.1, -0.05) is 115 Å². The summed E-state index contributed by atoms with van der Waals surface area (Å²) in [7, 11) is 0. The van der Waals surface area contributed by atoms with Crippen LogP contribution in [0.2, 0.25) is 0 Å². The Balaban J connectivity index is 1.48. The maximum atomic E-state index is 12.5. The summed E-state index contributed by atoms with van der Waals surface area (Å²) in [5.74, 6) is 0. The first-order valence-corrected chi connectivity index (χ1v) is 12.6. The van der Waals surface area contributed by atoms with Crippen molar-refractivity contribution in [3.8, 4) is 5.69 Å². The minimum Gasteiger partial charge on any atom is -0.295 e. The second-order valence-corrected chi connectivity index (χ2v) is 8.89. The number of nitrogens with one attached hydrogen (secondary N) is 1. The molecule has 0 amide bonds. The lowest BCUT2D eigenvalue weighted by Crippen LogP contribution is -2.15. The molecule has 0 aliphatic heterocycles. The van der Waals surface area contributed by atoms with Crippen molar-refractivity contribution in [1.82, 2.24) is 9.78 Å². The Hall–Kier alpha value is -1.77. The molecule has 1 aromatic heterocycles. The van der Waals surface area contributed by atoms with Gasteiger partial charge in [0, 0.05) is 11.3 Å². The van der Waals surface area contributed by atoms with E-state index in [2.05, 4.69) is 12.0 Å². The van der Waals surface area contributed by atoms with Gasteiger partial charge in [0.25, 0.3) is 5.56 Å². The lowest BCUT2D eigenvalue weighted by molar-refractivity contribution is 0.531. The van der Waals surface area contributed by atoms with E-state index < -0.39 is 0 Å². The molecule has 0 saturated carbocycles. The van der Waals surface area contributed by atoms with Gasteiger partial charge < -0.3 is 0 Å². The van der Waals surface area contributed by atoms with Crippen molar-refractivity contribution in [2.24, 2.45) is 0 Å². The molecule has 0 bridgehead atoms. The standard InChI is InChI=1S/C27H44N2O/c1-3-4-5-6-7-8-9-10-11-12-13-14-15-16-20-23-26-24(2)27(30)29(28-26)25-21-18-17-19-22-25/h17-19,21-22,28H,3-16,20,23H2,1-2H3. The van der Waals surface area contributed by atoms with Gasteiger partial charge >= 0.3 is 0 Å². The van der Waals surface area contributed by atoms with E-state index in [0.29, 0.717) is 0 Å². The zero-order chi connectivity index (χ0) is 21.4. The van der Waals surface area contributed by atoms with Gasteiger partial charge in [0.2, 0.25) is 0 Å². The number of aromatic amines is 1. The fourth-order valence-corrected chi connectivity index (χ4v) is 4.24. The number of aromatic nitrogens is 2. The minimum absolute atomic E-state index is 0.0807. The molecule has 3 heteroatoms. The Labute approximate surface area is 184 Å². The summed E-state index contributed by atoms with van der Waals surface area (Å²) in [6.45, 7) is 4.23. The number of hydrogen-bond acceptors (Lipinski definition) is 1. The lowest BCUT2D eigenvalue weighted by atomic mass is 10.0. The summed E-state index contributed by atoms with van der Waals surface area (Å²) in [5, 5.41) is 3.32. The number of unbranched alkanes of at least 4 members (excludes halogenated alkanes) is 14. The highest BCUT2D eigenvalue weighted by Crippen LogP contribution is 2.15. The van der Waals surface area contributed by atoms with Crippen LogP contribution in [0.4, 0.5) is 0 Å². The molecule has 0 atom stereocenters. The average molecular weight is 413 g/mol. The van der Waals surface area contributed by atoms with Crippen molar-refractivity contribution in [2.45, 2.75) is 117 Å². The summed E-state index contributed by atoms with van der Waals surface area (Å²) < 4.78 is 1.68. The molecule has 0 spiro atoms. The predicted molar refractivity (Wildman–Crippen MR) is 130 cm³/mol. The van der Waals surface area contributed by atoms with Crippen molar-refractivity contribution in [3.05, 3.63) is 51.9 Å². The van der Waals surface area contributed by atoms with E-state index in [4.69, 9.17) is 0 Å². The summed E-state index contributed by atoms with van der Waals surface area (Å²) in [5.41, 5.74) is 2.95. The third-order valence-corrected chi connectivity index (χ3v) is 6.27. The molecule has 3 nitrogen and oxygen atoms in total. The lowest BCUT2D eigenvalue weighted by Gasteiger charge is -2.04. The maximum Gasteiger partial charge on any atom is 0.274 e. The highest BCUT2D eigenvalue weighted by Gasteiger charge is 2.10. The monoisotopic (exact) mass is 412 g/mol. The van der Waals surface area contributed by atoms with Crippen LogP contribution in [-0.2, 0) is 6.42 Å². The number of benzene rings is 1. The Bertz CT molecular complexity index is 729. The third kappa shape index (κ3) is 8.93. The smallest absolute Gasteiger partial charge is 0.274 e. The molecule has 1 heterocycles. The Morgan fingerprint density at radius 3 is 1.67 bits per heavy atom. The average Bonchev–Trinajstić information content (AvgIpc) is 3.05. The van der Waals surface area contributed by atoms with E-state index in [1.54, 1.807) is 4.68 Å². The minimum atomic E-state index is 0.0807. The molecule has 2 rings (SSSR count). The molecule has 0 saturated heterocycles. The van der Waals surface area contributed by atoms with Crippen LogP contribution in [0.15, 0.2) is 35.1 Å². The maximum absolute atomic E-state index is 12.5. The zero-order valence-electron chi connectivity index (χ0n) is 19.6. The van der Waals surface area contributed by atoms with Gasteiger partial charge in [-0.25, -0.2) is 4.68 Å². The van der Waals surface area contributed by atoms with Crippen LogP contribution in [0.1, 0.15) is 114 Å². The Kier molecular flexibility index (Phi) is 12.3. The van der Waals surface area contributed by atoms with E-state index in [1.165, 1.54) is 89.9 Å². The molecule has 0 radical (unpaired) electrons. The molecule has 0 fully saturated rings. The first-order chi connectivity index (χ1) is 14.7. The van der Waals surface area contributed by atoms with E-state index in [1.807, 2.05) is 37.3 Å². The highest BCUT2D eigenvalue weighted by atomic mass is 16.1. The number of hydrogen-bond donors (Lipinski definition) is 1. The van der Waals surface area contributed by atoms with E-state index in [-0.39, 0.29) is 5.56 Å². The van der Waals surface area contributed by atoms with Crippen LogP contribution < -0.4 is 5.56 Å². The molecular weight excluding hydrogens is 368 g/mol. The Morgan fingerprint density at radius 2 is 1.17 bits per heavy atom. The second kappa shape index (κ2) is 15.1. The molecule has 30 heavy (non-hydrogen) atoms. The molecule has 168 valence electrons. The first-order valence-electron chi connectivity index (χ1n) is 12.6. The Morgan fingerprint density at radius 1 is 0.700 bits per heavy atom. The summed E-state index contributed by atoms with van der Waals surface area (Å²) in [6.07, 6.45) is 21.7. The largest absolute Gasteiger partial charge is 0.295 e. The molecular formula is C27H44N2O. The highest BCUT2D eigenvalue weighted by molar-refractivity contribution is 5.32. The van der Waals surface area contributed by atoms with E-state index >= 15 is 0 Å². The fraction of sp³-hybridized carbons (Fsp3) is 0.667. The molecule has 2 aromatic rings. The number of H-pyrrole nitrogens is 1. The van der Waals surface area contributed by atoms with Gasteiger partial charge in [0.15, 0.2) is 0 Å². The van der Waals surface area contributed by atoms with Crippen LogP contribution in [0, 0.1) is 6.92 Å². The van der Waals surface area contributed by atoms with Gasteiger partial charge in [-0.15, -0.1) is 0 Å². The topological polar surface area (TPSA) is 37.8 Å².